The van der Waals surface area contributed by atoms with Crippen molar-refractivity contribution in [2.45, 2.75) is 26.9 Å². The van der Waals surface area contributed by atoms with E-state index in [1.807, 2.05) is 12.1 Å². The normalized spacial score (nSPS) is 25.1. The third kappa shape index (κ3) is 2.58. The average Bonchev–Trinajstić information content (AvgIpc) is 2.32. The Morgan fingerprint density at radius 3 is 2.76 bits per heavy atom. The number of anilines is 1. The molecule has 1 fully saturated rings. The van der Waals surface area contributed by atoms with Gasteiger partial charge in [-0.15, -0.1) is 0 Å². The van der Waals surface area contributed by atoms with Gasteiger partial charge in [-0.3, -0.25) is 0 Å². The summed E-state index contributed by atoms with van der Waals surface area (Å²) >= 11 is 6.13. The second kappa shape index (κ2) is 5.28. The Morgan fingerprint density at radius 1 is 1.35 bits per heavy atom. The van der Waals surface area contributed by atoms with Crippen LogP contribution in [0.4, 0.5) is 5.69 Å². The molecule has 94 valence electrons. The first-order chi connectivity index (χ1) is 8.13. The lowest BCUT2D eigenvalue weighted by Gasteiger charge is -2.37. The Hall–Kier alpha value is -0.730. The highest BCUT2D eigenvalue weighted by atomic mass is 35.5. The Labute approximate surface area is 108 Å². The highest BCUT2D eigenvalue weighted by Crippen LogP contribution is 2.32. The van der Waals surface area contributed by atoms with Gasteiger partial charge in [0.15, 0.2) is 0 Å². The van der Waals surface area contributed by atoms with Crippen LogP contribution in [0.3, 0.4) is 0 Å². The van der Waals surface area contributed by atoms with Crippen molar-refractivity contribution < 1.29 is 5.11 Å². The summed E-state index contributed by atoms with van der Waals surface area (Å²) in [5, 5.41) is 10.1. The summed E-state index contributed by atoms with van der Waals surface area (Å²) in [7, 11) is 0. The zero-order valence-electron chi connectivity index (χ0n) is 10.5. The topological polar surface area (TPSA) is 23.5 Å². The first-order valence-electron chi connectivity index (χ1n) is 6.26. The Kier molecular flexibility index (Phi) is 3.95. The molecular weight excluding hydrogens is 234 g/mol. The third-order valence-corrected chi connectivity index (χ3v) is 4.28. The van der Waals surface area contributed by atoms with Gasteiger partial charge >= 0.3 is 0 Å². The van der Waals surface area contributed by atoms with Crippen molar-refractivity contribution in [2.75, 3.05) is 18.0 Å². The maximum Gasteiger partial charge on any atom is 0.0716 e. The van der Waals surface area contributed by atoms with Gasteiger partial charge in [0.05, 0.1) is 6.61 Å². The van der Waals surface area contributed by atoms with E-state index in [0.717, 1.165) is 30.3 Å². The molecule has 1 saturated heterocycles. The third-order valence-electron chi connectivity index (χ3n) is 3.93. The van der Waals surface area contributed by atoms with Gasteiger partial charge in [0.25, 0.3) is 0 Å². The minimum Gasteiger partial charge on any atom is -0.392 e. The molecule has 0 bridgehead atoms. The monoisotopic (exact) mass is 253 g/mol. The van der Waals surface area contributed by atoms with Gasteiger partial charge in [-0.25, -0.2) is 0 Å². The summed E-state index contributed by atoms with van der Waals surface area (Å²) in [6, 6.07) is 5.85. The van der Waals surface area contributed by atoms with Gasteiger partial charge < -0.3 is 10.0 Å². The fraction of sp³-hybridized carbons (Fsp3) is 0.571. The van der Waals surface area contributed by atoms with Crippen LogP contribution in [0.1, 0.15) is 25.8 Å². The molecule has 0 aromatic heterocycles. The first kappa shape index (κ1) is 12.7. The molecule has 0 spiro atoms. The molecule has 2 atom stereocenters. The molecule has 2 rings (SSSR count). The molecule has 1 aromatic carbocycles. The highest BCUT2D eigenvalue weighted by molar-refractivity contribution is 6.31. The van der Waals surface area contributed by atoms with Crippen molar-refractivity contribution in [3.8, 4) is 0 Å². The molecular formula is C14H20ClNO. The molecule has 0 amide bonds. The standard InChI is InChI=1S/C14H20ClNO/c1-10-6-7-16(8-11(10)2)14-5-3-4-13(15)12(14)9-17/h3-5,10-11,17H,6-9H2,1-2H3. The highest BCUT2D eigenvalue weighted by Gasteiger charge is 2.24. The molecule has 1 aromatic rings. The van der Waals surface area contributed by atoms with Gasteiger partial charge in [-0.05, 0) is 30.4 Å². The molecule has 1 N–H and O–H groups in total. The quantitative estimate of drug-likeness (QED) is 0.874. The fourth-order valence-electron chi connectivity index (χ4n) is 2.48. The molecule has 2 nitrogen and oxygen atoms in total. The van der Waals surface area contributed by atoms with Crippen molar-refractivity contribution in [1.82, 2.24) is 0 Å². The largest absolute Gasteiger partial charge is 0.392 e. The van der Waals surface area contributed by atoms with E-state index in [-0.39, 0.29) is 6.61 Å². The van der Waals surface area contributed by atoms with Crippen LogP contribution in [0.15, 0.2) is 18.2 Å². The number of halogens is 1. The minimum atomic E-state index is 0.00937. The van der Waals surface area contributed by atoms with Gasteiger partial charge in [0.2, 0.25) is 0 Å². The van der Waals surface area contributed by atoms with Gasteiger partial charge in [0, 0.05) is 29.4 Å². The van der Waals surface area contributed by atoms with E-state index in [1.54, 1.807) is 0 Å². The Balaban J connectivity index is 2.25. The lowest BCUT2D eigenvalue weighted by Crippen LogP contribution is -2.38. The zero-order valence-corrected chi connectivity index (χ0v) is 11.2. The molecule has 0 saturated carbocycles. The molecule has 3 heteroatoms. The van der Waals surface area contributed by atoms with Gasteiger partial charge in [-0.1, -0.05) is 31.5 Å². The molecule has 1 aliphatic heterocycles. The Bertz CT molecular complexity index is 394. The van der Waals surface area contributed by atoms with Crippen molar-refractivity contribution in [3.63, 3.8) is 0 Å². The van der Waals surface area contributed by atoms with E-state index >= 15 is 0 Å². The number of rotatable bonds is 2. The van der Waals surface area contributed by atoms with Crippen LogP contribution < -0.4 is 4.90 Å². The number of hydrogen-bond acceptors (Lipinski definition) is 2. The Morgan fingerprint density at radius 2 is 2.12 bits per heavy atom. The van der Waals surface area contributed by atoms with E-state index in [0.29, 0.717) is 10.9 Å². The van der Waals surface area contributed by atoms with E-state index in [9.17, 15) is 5.11 Å². The molecule has 0 aliphatic carbocycles. The van der Waals surface area contributed by atoms with Crippen LogP contribution in [-0.2, 0) is 6.61 Å². The first-order valence-corrected chi connectivity index (χ1v) is 6.64. The van der Waals surface area contributed by atoms with Crippen LogP contribution in [0.5, 0.6) is 0 Å². The van der Waals surface area contributed by atoms with Crippen LogP contribution in [-0.4, -0.2) is 18.2 Å². The number of aliphatic hydroxyl groups excluding tert-OH is 1. The maximum atomic E-state index is 9.44. The molecule has 17 heavy (non-hydrogen) atoms. The summed E-state index contributed by atoms with van der Waals surface area (Å²) in [6.45, 7) is 6.72. The number of benzene rings is 1. The predicted octanol–water partition coefficient (Wildman–Crippen LogP) is 3.31. The summed E-state index contributed by atoms with van der Waals surface area (Å²) in [5.41, 5.74) is 1.95. The molecule has 2 unspecified atom stereocenters. The minimum absolute atomic E-state index is 0.00937. The number of piperidine rings is 1. The van der Waals surface area contributed by atoms with Crippen molar-refractivity contribution in [2.24, 2.45) is 11.8 Å². The van der Waals surface area contributed by atoms with Crippen molar-refractivity contribution in [1.29, 1.82) is 0 Å². The average molecular weight is 254 g/mol. The summed E-state index contributed by atoms with van der Waals surface area (Å²) in [5.74, 6) is 1.47. The zero-order chi connectivity index (χ0) is 12.4. The number of hydrogen-bond donors (Lipinski definition) is 1. The second-order valence-electron chi connectivity index (χ2n) is 5.08. The molecule has 0 radical (unpaired) electrons. The summed E-state index contributed by atoms with van der Waals surface area (Å²) in [4.78, 5) is 2.35. The number of aliphatic hydroxyl groups is 1. The van der Waals surface area contributed by atoms with Crippen LogP contribution in [0.2, 0.25) is 5.02 Å². The van der Waals surface area contributed by atoms with E-state index in [1.165, 1.54) is 6.42 Å². The van der Waals surface area contributed by atoms with E-state index in [4.69, 9.17) is 11.6 Å². The lowest BCUT2D eigenvalue weighted by molar-refractivity contribution is 0.280. The maximum absolute atomic E-state index is 9.44. The SMILES string of the molecule is CC1CCN(c2cccc(Cl)c2CO)CC1C. The smallest absolute Gasteiger partial charge is 0.0716 e. The van der Waals surface area contributed by atoms with Gasteiger partial charge in [0.1, 0.15) is 0 Å². The molecule has 1 aliphatic rings. The lowest BCUT2D eigenvalue weighted by atomic mass is 9.88. The van der Waals surface area contributed by atoms with Crippen molar-refractivity contribution in [3.05, 3.63) is 28.8 Å². The van der Waals surface area contributed by atoms with E-state index in [2.05, 4.69) is 24.8 Å². The molecule has 1 heterocycles. The van der Waals surface area contributed by atoms with Crippen LogP contribution in [0, 0.1) is 11.8 Å². The van der Waals surface area contributed by atoms with Crippen LogP contribution >= 0.6 is 11.6 Å². The summed E-state index contributed by atoms with van der Waals surface area (Å²) in [6.07, 6.45) is 1.21. The predicted molar refractivity (Wildman–Crippen MR) is 72.5 cm³/mol. The van der Waals surface area contributed by atoms with Crippen molar-refractivity contribution >= 4 is 17.3 Å². The van der Waals surface area contributed by atoms with Gasteiger partial charge in [-0.2, -0.15) is 0 Å². The summed E-state index contributed by atoms with van der Waals surface area (Å²) < 4.78 is 0. The van der Waals surface area contributed by atoms with Crippen LogP contribution in [0.25, 0.3) is 0 Å². The fourth-order valence-corrected chi connectivity index (χ4v) is 2.71. The number of nitrogens with zero attached hydrogens (tertiary/aromatic N) is 1. The van der Waals surface area contributed by atoms with E-state index < -0.39 is 0 Å². The second-order valence-corrected chi connectivity index (χ2v) is 5.49.